The Hall–Kier alpha value is -2.14. The van der Waals surface area contributed by atoms with E-state index in [0.29, 0.717) is 17.2 Å². The molecule has 0 unspecified atom stereocenters. The largest absolute Gasteiger partial charge is 0.391 e. The van der Waals surface area contributed by atoms with Crippen LogP contribution in [0, 0.1) is 0 Å². The van der Waals surface area contributed by atoms with Gasteiger partial charge in [-0.1, -0.05) is 0 Å². The molecule has 5 heteroatoms. The second kappa shape index (κ2) is 5.01. The molecule has 0 fully saturated rings. The lowest BCUT2D eigenvalue weighted by Crippen LogP contribution is -2.08. The van der Waals surface area contributed by atoms with Crippen molar-refractivity contribution in [3.05, 3.63) is 36.0 Å². The van der Waals surface area contributed by atoms with Crippen LogP contribution >= 0.6 is 0 Å². The molecule has 3 N–H and O–H groups in total. The molecule has 0 saturated carbocycles. The molecular formula is C13H16N4O. The quantitative estimate of drug-likeness (QED) is 0.850. The van der Waals surface area contributed by atoms with Gasteiger partial charge in [-0.3, -0.25) is 0 Å². The van der Waals surface area contributed by atoms with E-state index in [1.54, 1.807) is 6.20 Å². The van der Waals surface area contributed by atoms with E-state index < -0.39 is 0 Å². The number of nitrogens with two attached hydrogens (primary N) is 1. The van der Waals surface area contributed by atoms with Gasteiger partial charge in [0.15, 0.2) is 5.82 Å². The molecule has 0 radical (unpaired) electrons. The molecule has 0 saturated heterocycles. The van der Waals surface area contributed by atoms with Crippen LogP contribution in [0.5, 0.6) is 0 Å². The van der Waals surface area contributed by atoms with Gasteiger partial charge in [0.05, 0.1) is 6.61 Å². The predicted octanol–water partition coefficient (Wildman–Crippen LogP) is 1.28. The van der Waals surface area contributed by atoms with Gasteiger partial charge in [-0.15, -0.1) is 0 Å². The Balaban J connectivity index is 2.34. The fourth-order valence-electron chi connectivity index (χ4n) is 1.59. The number of benzene rings is 1. The zero-order valence-electron chi connectivity index (χ0n) is 10.5. The third kappa shape index (κ3) is 2.41. The molecule has 2 aromatic rings. The van der Waals surface area contributed by atoms with Crippen LogP contribution in [0.4, 0.5) is 11.5 Å². The molecule has 2 rings (SSSR count). The van der Waals surface area contributed by atoms with Gasteiger partial charge < -0.3 is 15.7 Å². The monoisotopic (exact) mass is 244 g/mol. The maximum Gasteiger partial charge on any atom is 0.161 e. The van der Waals surface area contributed by atoms with Crippen LogP contribution in [0.15, 0.2) is 30.5 Å². The SMILES string of the molecule is CN(C)c1ccc(-c2ncc(CO)c(N)n2)cc1. The Kier molecular flexibility index (Phi) is 3.43. The second-order valence-corrected chi connectivity index (χ2v) is 4.20. The lowest BCUT2D eigenvalue weighted by Gasteiger charge is -2.12. The van der Waals surface area contributed by atoms with Gasteiger partial charge in [0.2, 0.25) is 0 Å². The van der Waals surface area contributed by atoms with Crippen molar-refractivity contribution in [2.75, 3.05) is 24.7 Å². The molecule has 0 aliphatic rings. The number of aromatic nitrogens is 2. The van der Waals surface area contributed by atoms with E-state index in [2.05, 4.69) is 9.97 Å². The smallest absolute Gasteiger partial charge is 0.161 e. The highest BCUT2D eigenvalue weighted by molar-refractivity contribution is 5.61. The van der Waals surface area contributed by atoms with E-state index >= 15 is 0 Å². The average Bonchev–Trinajstić information content (AvgIpc) is 2.38. The van der Waals surface area contributed by atoms with Crippen LogP contribution in [0.2, 0.25) is 0 Å². The Bertz CT molecular complexity index is 537. The molecule has 0 spiro atoms. The van der Waals surface area contributed by atoms with E-state index in [9.17, 15) is 0 Å². The molecule has 1 aromatic heterocycles. The van der Waals surface area contributed by atoms with Crippen LogP contribution in [0.3, 0.4) is 0 Å². The van der Waals surface area contributed by atoms with E-state index in [-0.39, 0.29) is 6.61 Å². The summed E-state index contributed by atoms with van der Waals surface area (Å²) in [6.07, 6.45) is 1.55. The highest BCUT2D eigenvalue weighted by Crippen LogP contribution is 2.20. The maximum atomic E-state index is 9.01. The minimum absolute atomic E-state index is 0.147. The van der Waals surface area contributed by atoms with Gasteiger partial charge in [-0.2, -0.15) is 0 Å². The average molecular weight is 244 g/mol. The van der Waals surface area contributed by atoms with Gasteiger partial charge in [0.1, 0.15) is 5.82 Å². The number of hydrogen-bond acceptors (Lipinski definition) is 5. The van der Waals surface area contributed by atoms with Gasteiger partial charge in [0.25, 0.3) is 0 Å². The Morgan fingerprint density at radius 1 is 1.22 bits per heavy atom. The van der Waals surface area contributed by atoms with Crippen LogP contribution in [-0.4, -0.2) is 29.2 Å². The summed E-state index contributed by atoms with van der Waals surface area (Å²) in [5.74, 6) is 0.884. The first-order chi connectivity index (χ1) is 8.61. The summed E-state index contributed by atoms with van der Waals surface area (Å²) < 4.78 is 0. The molecule has 0 aliphatic heterocycles. The number of aliphatic hydroxyl groups is 1. The topological polar surface area (TPSA) is 75.3 Å². The lowest BCUT2D eigenvalue weighted by atomic mass is 10.2. The summed E-state index contributed by atoms with van der Waals surface area (Å²) >= 11 is 0. The zero-order valence-corrected chi connectivity index (χ0v) is 10.5. The van der Waals surface area contributed by atoms with Gasteiger partial charge in [-0.05, 0) is 24.3 Å². The summed E-state index contributed by atoms with van der Waals surface area (Å²) in [6, 6.07) is 7.88. The molecule has 0 bridgehead atoms. The fraction of sp³-hybridized carbons (Fsp3) is 0.231. The Morgan fingerprint density at radius 3 is 2.39 bits per heavy atom. The minimum atomic E-state index is -0.147. The van der Waals surface area contributed by atoms with E-state index in [4.69, 9.17) is 10.8 Å². The molecule has 5 nitrogen and oxygen atoms in total. The predicted molar refractivity (Wildman–Crippen MR) is 72.1 cm³/mol. The lowest BCUT2D eigenvalue weighted by molar-refractivity contribution is 0.281. The van der Waals surface area contributed by atoms with Crippen molar-refractivity contribution in [2.24, 2.45) is 0 Å². The Labute approximate surface area is 106 Å². The molecule has 0 aliphatic carbocycles. The molecule has 0 atom stereocenters. The highest BCUT2D eigenvalue weighted by Gasteiger charge is 2.05. The number of nitrogen functional groups attached to an aromatic ring is 1. The summed E-state index contributed by atoms with van der Waals surface area (Å²) in [6.45, 7) is -0.147. The van der Waals surface area contributed by atoms with Crippen LogP contribution < -0.4 is 10.6 Å². The van der Waals surface area contributed by atoms with Crippen molar-refractivity contribution in [3.63, 3.8) is 0 Å². The fourth-order valence-corrected chi connectivity index (χ4v) is 1.59. The van der Waals surface area contributed by atoms with Crippen LogP contribution in [-0.2, 0) is 6.61 Å². The van der Waals surface area contributed by atoms with Crippen molar-refractivity contribution < 1.29 is 5.11 Å². The van der Waals surface area contributed by atoms with Crippen molar-refractivity contribution in [1.29, 1.82) is 0 Å². The summed E-state index contributed by atoms with van der Waals surface area (Å²) in [4.78, 5) is 10.4. The summed E-state index contributed by atoms with van der Waals surface area (Å²) in [5, 5.41) is 9.01. The Morgan fingerprint density at radius 2 is 1.89 bits per heavy atom. The second-order valence-electron chi connectivity index (χ2n) is 4.20. The molecule has 1 heterocycles. The molecule has 1 aromatic carbocycles. The van der Waals surface area contributed by atoms with Crippen LogP contribution in [0.1, 0.15) is 5.56 Å². The molecule has 0 amide bonds. The van der Waals surface area contributed by atoms with E-state index in [0.717, 1.165) is 11.3 Å². The highest BCUT2D eigenvalue weighted by atomic mass is 16.3. The normalized spacial score (nSPS) is 10.4. The maximum absolute atomic E-state index is 9.01. The van der Waals surface area contributed by atoms with E-state index in [1.807, 2.05) is 43.3 Å². The van der Waals surface area contributed by atoms with Crippen LogP contribution in [0.25, 0.3) is 11.4 Å². The van der Waals surface area contributed by atoms with Crippen molar-refractivity contribution in [2.45, 2.75) is 6.61 Å². The van der Waals surface area contributed by atoms with Gasteiger partial charge in [0, 0.05) is 37.1 Å². The number of nitrogens with zero attached hydrogens (tertiary/aromatic N) is 3. The number of rotatable bonds is 3. The van der Waals surface area contributed by atoms with Crippen molar-refractivity contribution in [1.82, 2.24) is 9.97 Å². The zero-order chi connectivity index (χ0) is 13.1. The molecule has 18 heavy (non-hydrogen) atoms. The standard InChI is InChI=1S/C13H16N4O/c1-17(2)11-5-3-9(4-6-11)13-15-7-10(8-18)12(14)16-13/h3-7,18H,8H2,1-2H3,(H2,14,15,16). The number of anilines is 2. The van der Waals surface area contributed by atoms with E-state index in [1.165, 1.54) is 0 Å². The van der Waals surface area contributed by atoms with Crippen molar-refractivity contribution >= 4 is 11.5 Å². The van der Waals surface area contributed by atoms with Crippen molar-refractivity contribution in [3.8, 4) is 11.4 Å². The summed E-state index contributed by atoms with van der Waals surface area (Å²) in [7, 11) is 3.97. The summed E-state index contributed by atoms with van der Waals surface area (Å²) in [5.41, 5.74) is 8.28. The molecular weight excluding hydrogens is 228 g/mol. The first-order valence-electron chi connectivity index (χ1n) is 5.62. The minimum Gasteiger partial charge on any atom is -0.391 e. The first-order valence-corrected chi connectivity index (χ1v) is 5.62. The number of hydrogen-bond donors (Lipinski definition) is 2. The van der Waals surface area contributed by atoms with Gasteiger partial charge >= 0.3 is 0 Å². The third-order valence-corrected chi connectivity index (χ3v) is 2.71. The molecule has 94 valence electrons. The third-order valence-electron chi connectivity index (χ3n) is 2.71. The van der Waals surface area contributed by atoms with Gasteiger partial charge in [-0.25, -0.2) is 9.97 Å². The number of aliphatic hydroxyl groups excluding tert-OH is 1. The first kappa shape index (κ1) is 12.3.